The molecule has 0 aromatic heterocycles. The molecule has 0 saturated carbocycles. The minimum Gasteiger partial charge on any atom is -0.464 e. The quantitative estimate of drug-likeness (QED) is 0.753. The molecule has 2 nitrogen and oxygen atoms in total. The fraction of sp³-hybridized carbons (Fsp3) is 0.500. The summed E-state index contributed by atoms with van der Waals surface area (Å²) in [5, 5.41) is 0. The SMILES string of the molecule is CCOC(=O)C(F)c1ccc(C(C)(C)C)cc1. The van der Waals surface area contributed by atoms with Crippen molar-refractivity contribution in [1.82, 2.24) is 0 Å². The van der Waals surface area contributed by atoms with Crippen molar-refractivity contribution >= 4 is 5.97 Å². The lowest BCUT2D eigenvalue weighted by Gasteiger charge is -2.19. The summed E-state index contributed by atoms with van der Waals surface area (Å²) >= 11 is 0. The molecule has 0 aliphatic heterocycles. The second-order valence-electron chi connectivity index (χ2n) is 4.99. The van der Waals surface area contributed by atoms with Crippen molar-refractivity contribution in [3.63, 3.8) is 0 Å². The van der Waals surface area contributed by atoms with Crippen molar-refractivity contribution < 1.29 is 13.9 Å². The lowest BCUT2D eigenvalue weighted by atomic mass is 9.86. The predicted octanol–water partition coefficient (Wildman–Crippen LogP) is 3.56. The van der Waals surface area contributed by atoms with Crippen LogP contribution in [0.1, 0.15) is 45.0 Å². The molecule has 0 saturated heterocycles. The zero-order valence-electron chi connectivity index (χ0n) is 10.8. The highest BCUT2D eigenvalue weighted by Crippen LogP contribution is 2.25. The first-order valence-electron chi connectivity index (χ1n) is 5.77. The average Bonchev–Trinajstić information content (AvgIpc) is 2.27. The lowest BCUT2D eigenvalue weighted by Crippen LogP contribution is -2.13. The highest BCUT2D eigenvalue weighted by Gasteiger charge is 2.21. The second-order valence-corrected chi connectivity index (χ2v) is 4.99. The summed E-state index contributed by atoms with van der Waals surface area (Å²) in [6.07, 6.45) is -1.69. The molecule has 1 aromatic carbocycles. The molecule has 0 amide bonds. The molecule has 1 unspecified atom stereocenters. The van der Waals surface area contributed by atoms with Gasteiger partial charge in [-0.25, -0.2) is 9.18 Å². The van der Waals surface area contributed by atoms with Crippen molar-refractivity contribution in [2.24, 2.45) is 0 Å². The Labute approximate surface area is 102 Å². The number of esters is 1. The van der Waals surface area contributed by atoms with Gasteiger partial charge in [-0.15, -0.1) is 0 Å². The number of carbonyl (C=O) groups is 1. The van der Waals surface area contributed by atoms with E-state index in [9.17, 15) is 9.18 Å². The Balaban J connectivity index is 2.84. The third kappa shape index (κ3) is 3.55. The molecule has 1 aromatic rings. The molecule has 1 atom stereocenters. The number of hydrogen-bond donors (Lipinski definition) is 0. The van der Waals surface area contributed by atoms with Crippen LogP contribution in [0.4, 0.5) is 4.39 Å². The highest BCUT2D eigenvalue weighted by atomic mass is 19.1. The van der Waals surface area contributed by atoms with Crippen LogP contribution >= 0.6 is 0 Å². The molecule has 0 aliphatic rings. The van der Waals surface area contributed by atoms with Gasteiger partial charge in [0.15, 0.2) is 0 Å². The Kier molecular flexibility index (Phi) is 4.27. The van der Waals surface area contributed by atoms with E-state index in [1.54, 1.807) is 19.1 Å². The number of benzene rings is 1. The molecule has 0 N–H and O–H groups in total. The van der Waals surface area contributed by atoms with Gasteiger partial charge in [-0.1, -0.05) is 45.0 Å². The highest BCUT2D eigenvalue weighted by molar-refractivity contribution is 5.76. The van der Waals surface area contributed by atoms with Gasteiger partial charge in [-0.2, -0.15) is 0 Å². The largest absolute Gasteiger partial charge is 0.464 e. The smallest absolute Gasteiger partial charge is 0.345 e. The minimum absolute atomic E-state index is 0.0221. The van der Waals surface area contributed by atoms with E-state index in [1.165, 1.54) is 0 Å². The first-order chi connectivity index (χ1) is 7.86. The maximum absolute atomic E-state index is 13.7. The third-order valence-corrected chi connectivity index (χ3v) is 2.56. The average molecular weight is 238 g/mol. The molecule has 3 heteroatoms. The van der Waals surface area contributed by atoms with Crippen LogP contribution in [0.2, 0.25) is 0 Å². The van der Waals surface area contributed by atoms with Crippen LogP contribution in [0.25, 0.3) is 0 Å². The maximum atomic E-state index is 13.7. The molecular formula is C14H19FO2. The van der Waals surface area contributed by atoms with Gasteiger partial charge in [0, 0.05) is 0 Å². The Bertz CT molecular complexity index is 376. The number of rotatable bonds is 3. The van der Waals surface area contributed by atoms with Gasteiger partial charge >= 0.3 is 5.97 Å². The van der Waals surface area contributed by atoms with Crippen molar-refractivity contribution in [3.8, 4) is 0 Å². The molecule has 0 bridgehead atoms. The van der Waals surface area contributed by atoms with Gasteiger partial charge in [0.05, 0.1) is 6.61 Å². The van der Waals surface area contributed by atoms with E-state index in [2.05, 4.69) is 25.5 Å². The number of ether oxygens (including phenoxy) is 1. The summed E-state index contributed by atoms with van der Waals surface area (Å²) in [5.41, 5.74) is 1.47. The fourth-order valence-electron chi connectivity index (χ4n) is 1.50. The van der Waals surface area contributed by atoms with Crippen LogP contribution in [-0.4, -0.2) is 12.6 Å². The van der Waals surface area contributed by atoms with Crippen molar-refractivity contribution in [2.45, 2.75) is 39.3 Å². The summed E-state index contributed by atoms with van der Waals surface area (Å²) in [4.78, 5) is 11.2. The molecule has 0 radical (unpaired) electrons. The molecule has 17 heavy (non-hydrogen) atoms. The second kappa shape index (κ2) is 5.30. The van der Waals surface area contributed by atoms with E-state index in [4.69, 9.17) is 0 Å². The first kappa shape index (κ1) is 13.7. The molecule has 0 heterocycles. The van der Waals surface area contributed by atoms with Gasteiger partial charge in [-0.3, -0.25) is 0 Å². The van der Waals surface area contributed by atoms with Crippen LogP contribution < -0.4 is 0 Å². The van der Waals surface area contributed by atoms with Gasteiger partial charge in [-0.05, 0) is 23.5 Å². The molecule has 1 rings (SSSR count). The minimum atomic E-state index is -1.69. The predicted molar refractivity (Wildman–Crippen MR) is 65.6 cm³/mol. The first-order valence-corrected chi connectivity index (χ1v) is 5.77. The zero-order chi connectivity index (χ0) is 13.1. The summed E-state index contributed by atoms with van der Waals surface area (Å²) < 4.78 is 18.3. The Hall–Kier alpha value is -1.38. The van der Waals surface area contributed by atoms with Crippen LogP contribution in [0.15, 0.2) is 24.3 Å². The number of hydrogen-bond acceptors (Lipinski definition) is 2. The van der Waals surface area contributed by atoms with Crippen LogP contribution in [-0.2, 0) is 14.9 Å². The summed E-state index contributed by atoms with van der Waals surface area (Å²) in [7, 11) is 0. The van der Waals surface area contributed by atoms with Gasteiger partial charge in [0.1, 0.15) is 0 Å². The van der Waals surface area contributed by atoms with E-state index in [0.717, 1.165) is 5.56 Å². The summed E-state index contributed by atoms with van der Waals surface area (Å²) in [6, 6.07) is 6.98. The molecular weight excluding hydrogens is 219 g/mol. The number of carbonyl (C=O) groups excluding carboxylic acids is 1. The van der Waals surface area contributed by atoms with E-state index < -0.39 is 12.1 Å². The molecule has 0 aliphatic carbocycles. The van der Waals surface area contributed by atoms with Gasteiger partial charge in [0.2, 0.25) is 6.17 Å². The third-order valence-electron chi connectivity index (χ3n) is 2.56. The number of halogens is 1. The number of alkyl halides is 1. The summed E-state index contributed by atoms with van der Waals surface area (Å²) in [6.45, 7) is 8.10. The van der Waals surface area contributed by atoms with E-state index >= 15 is 0 Å². The Morgan fingerprint density at radius 2 is 1.82 bits per heavy atom. The monoisotopic (exact) mass is 238 g/mol. The summed E-state index contributed by atoms with van der Waals surface area (Å²) in [5.74, 6) is -0.823. The van der Waals surface area contributed by atoms with Gasteiger partial charge in [0.25, 0.3) is 0 Å². The molecule has 0 fully saturated rings. The van der Waals surface area contributed by atoms with E-state index in [0.29, 0.717) is 5.56 Å². The van der Waals surface area contributed by atoms with Gasteiger partial charge < -0.3 is 4.74 Å². The lowest BCUT2D eigenvalue weighted by molar-refractivity contribution is -0.149. The molecule has 0 spiro atoms. The van der Waals surface area contributed by atoms with Crippen molar-refractivity contribution in [1.29, 1.82) is 0 Å². The van der Waals surface area contributed by atoms with Crippen molar-refractivity contribution in [2.75, 3.05) is 6.61 Å². The van der Waals surface area contributed by atoms with E-state index in [1.807, 2.05) is 12.1 Å². The van der Waals surface area contributed by atoms with Crippen molar-refractivity contribution in [3.05, 3.63) is 35.4 Å². The fourth-order valence-corrected chi connectivity index (χ4v) is 1.50. The Morgan fingerprint density at radius 1 is 1.29 bits per heavy atom. The normalized spacial score (nSPS) is 13.2. The van der Waals surface area contributed by atoms with Crippen LogP contribution in [0.5, 0.6) is 0 Å². The van der Waals surface area contributed by atoms with Crippen LogP contribution in [0.3, 0.4) is 0 Å². The topological polar surface area (TPSA) is 26.3 Å². The Morgan fingerprint density at radius 3 is 2.24 bits per heavy atom. The molecule has 94 valence electrons. The standard InChI is InChI=1S/C14H19FO2/c1-5-17-13(16)12(15)10-6-8-11(9-7-10)14(2,3)4/h6-9,12H,5H2,1-4H3. The zero-order valence-corrected chi connectivity index (χ0v) is 10.8. The maximum Gasteiger partial charge on any atom is 0.345 e. The van der Waals surface area contributed by atoms with E-state index in [-0.39, 0.29) is 12.0 Å². The van der Waals surface area contributed by atoms with Crippen LogP contribution in [0, 0.1) is 0 Å².